The third-order valence-electron chi connectivity index (χ3n) is 2.05. The summed E-state index contributed by atoms with van der Waals surface area (Å²) in [7, 11) is -2.98. The lowest BCUT2D eigenvalue weighted by Gasteiger charge is -2.16. The molecule has 0 saturated heterocycles. The van der Waals surface area contributed by atoms with Gasteiger partial charge in [-0.1, -0.05) is 24.3 Å². The number of hydrogen-bond donors (Lipinski definition) is 0. The predicted molar refractivity (Wildman–Crippen MR) is 65.5 cm³/mol. The van der Waals surface area contributed by atoms with Crippen LogP contribution in [0.2, 0.25) is 0 Å². The van der Waals surface area contributed by atoms with E-state index in [4.69, 9.17) is 9.05 Å². The van der Waals surface area contributed by atoms with Crippen LogP contribution < -0.4 is 0 Å². The zero-order valence-electron chi connectivity index (χ0n) is 9.81. The highest BCUT2D eigenvalue weighted by Crippen LogP contribution is 2.51. The molecule has 4 heteroatoms. The Bertz CT molecular complexity index is 349. The molecule has 0 heterocycles. The Labute approximate surface area is 97.3 Å². The smallest absolute Gasteiger partial charge is 0.309 e. The molecule has 1 rings (SSSR count). The molecule has 0 aliphatic rings. The molecule has 0 aliphatic heterocycles. The lowest BCUT2D eigenvalue weighted by atomic mass is 10.2. The lowest BCUT2D eigenvalue weighted by Crippen LogP contribution is -1.99. The Morgan fingerprint density at radius 1 is 1.12 bits per heavy atom. The number of rotatable bonds is 6. The molecule has 16 heavy (non-hydrogen) atoms. The summed E-state index contributed by atoms with van der Waals surface area (Å²) in [6, 6.07) is 7.56. The van der Waals surface area contributed by atoms with Crippen LogP contribution in [0.5, 0.6) is 0 Å². The SMILES string of the molecule is [CH2]c1ccc(CP(=O)(OCC)OCC)cc1. The molecule has 1 radical (unpaired) electrons. The minimum atomic E-state index is -2.98. The van der Waals surface area contributed by atoms with Crippen molar-refractivity contribution in [3.05, 3.63) is 42.3 Å². The first-order valence-corrected chi connectivity index (χ1v) is 7.11. The van der Waals surface area contributed by atoms with Crippen LogP contribution in [0.25, 0.3) is 0 Å². The summed E-state index contributed by atoms with van der Waals surface area (Å²) in [5, 5.41) is 0. The molecular weight excluding hydrogens is 223 g/mol. The summed E-state index contributed by atoms with van der Waals surface area (Å²) < 4.78 is 22.7. The van der Waals surface area contributed by atoms with Crippen molar-refractivity contribution in [2.45, 2.75) is 20.0 Å². The molecule has 0 saturated carbocycles. The van der Waals surface area contributed by atoms with E-state index in [2.05, 4.69) is 6.92 Å². The molecule has 0 spiro atoms. The van der Waals surface area contributed by atoms with Crippen molar-refractivity contribution in [3.8, 4) is 0 Å². The highest BCUT2D eigenvalue weighted by molar-refractivity contribution is 7.53. The quantitative estimate of drug-likeness (QED) is 0.713. The van der Waals surface area contributed by atoms with E-state index in [-0.39, 0.29) is 0 Å². The van der Waals surface area contributed by atoms with Crippen molar-refractivity contribution in [1.29, 1.82) is 0 Å². The minimum Gasteiger partial charge on any atom is -0.309 e. The number of hydrogen-bond acceptors (Lipinski definition) is 3. The van der Waals surface area contributed by atoms with Gasteiger partial charge in [0.1, 0.15) is 0 Å². The van der Waals surface area contributed by atoms with Crippen molar-refractivity contribution in [1.82, 2.24) is 0 Å². The molecule has 1 aromatic rings. The van der Waals surface area contributed by atoms with Crippen LogP contribution >= 0.6 is 7.60 Å². The van der Waals surface area contributed by atoms with E-state index in [0.717, 1.165) is 11.1 Å². The first-order valence-electron chi connectivity index (χ1n) is 5.38. The Hall–Kier alpha value is -0.630. The van der Waals surface area contributed by atoms with Gasteiger partial charge in [0.15, 0.2) is 0 Å². The largest absolute Gasteiger partial charge is 0.335 e. The zero-order valence-corrected chi connectivity index (χ0v) is 10.7. The summed E-state index contributed by atoms with van der Waals surface area (Å²) in [5.74, 6) is 0. The summed E-state index contributed by atoms with van der Waals surface area (Å²) in [5.41, 5.74) is 1.88. The molecule has 0 amide bonds. The van der Waals surface area contributed by atoms with Gasteiger partial charge in [-0.25, -0.2) is 0 Å². The molecule has 3 nitrogen and oxygen atoms in total. The van der Waals surface area contributed by atoms with Gasteiger partial charge in [-0.05, 0) is 31.9 Å². The van der Waals surface area contributed by atoms with Gasteiger partial charge in [-0.2, -0.15) is 0 Å². The fourth-order valence-corrected chi connectivity index (χ4v) is 3.09. The molecule has 0 unspecified atom stereocenters. The van der Waals surface area contributed by atoms with E-state index in [1.54, 1.807) is 0 Å². The normalized spacial score (nSPS) is 11.7. The fraction of sp³-hybridized carbons (Fsp3) is 0.417. The molecule has 0 fully saturated rings. The molecule has 0 N–H and O–H groups in total. The third kappa shape index (κ3) is 4.09. The van der Waals surface area contributed by atoms with E-state index < -0.39 is 7.60 Å². The van der Waals surface area contributed by atoms with E-state index in [1.165, 1.54) is 0 Å². The zero-order chi connectivity index (χ0) is 12.0. The minimum absolute atomic E-state index is 0.314. The van der Waals surface area contributed by atoms with Gasteiger partial charge in [-0.3, -0.25) is 4.57 Å². The maximum atomic E-state index is 12.2. The first-order chi connectivity index (χ1) is 7.59. The first kappa shape index (κ1) is 13.4. The van der Waals surface area contributed by atoms with Gasteiger partial charge in [0, 0.05) is 0 Å². The predicted octanol–water partition coefficient (Wildman–Crippen LogP) is 3.63. The summed E-state index contributed by atoms with van der Waals surface area (Å²) in [6.07, 6.45) is 0.314. The topological polar surface area (TPSA) is 35.5 Å². The van der Waals surface area contributed by atoms with Crippen LogP contribution in [0.1, 0.15) is 25.0 Å². The third-order valence-corrected chi connectivity index (χ3v) is 4.11. The average molecular weight is 241 g/mol. The van der Waals surface area contributed by atoms with E-state index in [0.29, 0.717) is 19.4 Å². The second kappa shape index (κ2) is 6.19. The second-order valence-corrected chi connectivity index (χ2v) is 5.48. The second-order valence-electron chi connectivity index (χ2n) is 3.42. The van der Waals surface area contributed by atoms with Crippen LogP contribution in [-0.2, 0) is 19.8 Å². The average Bonchev–Trinajstić information content (AvgIpc) is 2.22. The standard InChI is InChI=1S/C12H18O3P/c1-4-14-16(13,15-5-2)10-12-8-6-11(3)7-9-12/h6-9H,3-5,10H2,1-2H3. The molecule has 0 aliphatic carbocycles. The van der Waals surface area contributed by atoms with Crippen LogP contribution in [0, 0.1) is 6.92 Å². The van der Waals surface area contributed by atoms with Crippen LogP contribution in [0.3, 0.4) is 0 Å². The lowest BCUT2D eigenvalue weighted by molar-refractivity contribution is 0.219. The Morgan fingerprint density at radius 2 is 1.62 bits per heavy atom. The molecule has 1 aromatic carbocycles. The van der Waals surface area contributed by atoms with Crippen LogP contribution in [0.4, 0.5) is 0 Å². The van der Waals surface area contributed by atoms with Crippen molar-refractivity contribution in [2.75, 3.05) is 13.2 Å². The Kier molecular flexibility index (Phi) is 5.20. The monoisotopic (exact) mass is 241 g/mol. The highest BCUT2D eigenvalue weighted by atomic mass is 31.2. The highest BCUT2D eigenvalue weighted by Gasteiger charge is 2.23. The van der Waals surface area contributed by atoms with Crippen molar-refractivity contribution in [2.24, 2.45) is 0 Å². The summed E-state index contributed by atoms with van der Waals surface area (Å²) in [6.45, 7) is 8.21. The maximum absolute atomic E-state index is 12.2. The molecule has 0 atom stereocenters. The molecule has 0 aromatic heterocycles. The van der Waals surface area contributed by atoms with Crippen LogP contribution in [-0.4, -0.2) is 13.2 Å². The van der Waals surface area contributed by atoms with Gasteiger partial charge < -0.3 is 9.05 Å². The van der Waals surface area contributed by atoms with Gasteiger partial charge in [0.25, 0.3) is 0 Å². The van der Waals surface area contributed by atoms with Gasteiger partial charge in [-0.15, -0.1) is 0 Å². The van der Waals surface area contributed by atoms with Crippen molar-refractivity contribution < 1.29 is 13.6 Å². The van der Waals surface area contributed by atoms with E-state index in [1.807, 2.05) is 38.1 Å². The summed E-state index contributed by atoms with van der Waals surface area (Å²) >= 11 is 0. The molecular formula is C12H18O3P. The van der Waals surface area contributed by atoms with Crippen molar-refractivity contribution in [3.63, 3.8) is 0 Å². The molecule has 0 bridgehead atoms. The number of benzene rings is 1. The van der Waals surface area contributed by atoms with Crippen LogP contribution in [0.15, 0.2) is 24.3 Å². The molecule has 89 valence electrons. The summed E-state index contributed by atoms with van der Waals surface area (Å²) in [4.78, 5) is 0. The van der Waals surface area contributed by atoms with Crippen molar-refractivity contribution >= 4 is 7.60 Å². The Balaban J connectivity index is 2.75. The van der Waals surface area contributed by atoms with Gasteiger partial charge in [0.2, 0.25) is 0 Å². The fourth-order valence-electron chi connectivity index (χ4n) is 1.39. The van der Waals surface area contributed by atoms with Gasteiger partial charge >= 0.3 is 7.60 Å². The van der Waals surface area contributed by atoms with E-state index in [9.17, 15) is 4.57 Å². The van der Waals surface area contributed by atoms with E-state index >= 15 is 0 Å². The Morgan fingerprint density at radius 3 is 2.06 bits per heavy atom. The van der Waals surface area contributed by atoms with Gasteiger partial charge in [0.05, 0.1) is 19.4 Å². The maximum Gasteiger partial charge on any atom is 0.335 e.